The summed E-state index contributed by atoms with van der Waals surface area (Å²) in [5.41, 5.74) is 1.32. The predicted octanol–water partition coefficient (Wildman–Crippen LogP) is 4.15. The molecular weight excluding hydrogens is 327 g/mol. The molecule has 110 valence electrons. The molecule has 0 aliphatic rings. The molecule has 6 nitrogen and oxygen atoms in total. The van der Waals surface area contributed by atoms with Crippen LogP contribution in [0.25, 0.3) is 17.1 Å². The smallest absolute Gasteiger partial charge is 0.258 e. The van der Waals surface area contributed by atoms with Crippen molar-refractivity contribution in [2.75, 3.05) is 0 Å². The Kier molecular flexibility index (Phi) is 3.79. The Bertz CT molecular complexity index is 846. The molecule has 0 N–H and O–H groups in total. The van der Waals surface area contributed by atoms with Crippen molar-refractivity contribution in [2.45, 2.75) is 0 Å². The van der Waals surface area contributed by atoms with Gasteiger partial charge in [-0.3, -0.25) is 10.1 Å². The summed E-state index contributed by atoms with van der Waals surface area (Å²) in [6.45, 7) is 0. The van der Waals surface area contributed by atoms with Gasteiger partial charge in [0.2, 0.25) is 0 Å². The summed E-state index contributed by atoms with van der Waals surface area (Å²) < 4.78 is 1.55. The summed E-state index contributed by atoms with van der Waals surface area (Å²) >= 11 is 12.1. The summed E-state index contributed by atoms with van der Waals surface area (Å²) in [5, 5.41) is 15.8. The summed E-state index contributed by atoms with van der Waals surface area (Å²) in [6.07, 6.45) is 1.39. The van der Waals surface area contributed by atoms with Crippen LogP contribution in [0.4, 0.5) is 5.69 Å². The van der Waals surface area contributed by atoms with Crippen LogP contribution in [0.5, 0.6) is 0 Å². The number of nitrogens with zero attached hydrogens (tertiary/aromatic N) is 4. The molecule has 0 fully saturated rings. The van der Waals surface area contributed by atoms with Crippen LogP contribution in [0.2, 0.25) is 10.0 Å². The summed E-state index contributed by atoms with van der Waals surface area (Å²) in [7, 11) is 0. The molecule has 22 heavy (non-hydrogen) atoms. The number of benzene rings is 2. The highest BCUT2D eigenvalue weighted by Gasteiger charge is 2.14. The standard InChI is InChI=1S/C14H8Cl2N4O2/c15-9-1-6-12(13(16)7-9)14-17-8-18-19(14)10-2-4-11(5-3-10)20(21)22/h1-8H. The molecule has 0 amide bonds. The number of halogens is 2. The van der Waals surface area contributed by atoms with Crippen molar-refractivity contribution in [1.29, 1.82) is 0 Å². The third kappa shape index (κ3) is 2.66. The average Bonchev–Trinajstić information content (AvgIpc) is 2.96. The van der Waals surface area contributed by atoms with Crippen molar-refractivity contribution >= 4 is 28.9 Å². The minimum Gasteiger partial charge on any atom is -0.258 e. The van der Waals surface area contributed by atoms with Crippen LogP contribution in [0, 0.1) is 10.1 Å². The summed E-state index contributed by atoms with van der Waals surface area (Å²) in [5.74, 6) is 0.524. The number of hydrogen-bond acceptors (Lipinski definition) is 4. The van der Waals surface area contributed by atoms with Crippen molar-refractivity contribution in [3.8, 4) is 17.1 Å². The van der Waals surface area contributed by atoms with Crippen molar-refractivity contribution in [3.05, 3.63) is 69.0 Å². The molecular formula is C14H8Cl2N4O2. The molecule has 0 aliphatic carbocycles. The summed E-state index contributed by atoms with van der Waals surface area (Å²) in [4.78, 5) is 14.4. The van der Waals surface area contributed by atoms with Gasteiger partial charge >= 0.3 is 0 Å². The fraction of sp³-hybridized carbons (Fsp3) is 0. The zero-order valence-electron chi connectivity index (χ0n) is 11.0. The molecule has 0 atom stereocenters. The molecule has 0 aliphatic heterocycles. The Hall–Kier alpha value is -2.44. The molecule has 3 rings (SSSR count). The van der Waals surface area contributed by atoms with E-state index in [0.29, 0.717) is 27.1 Å². The first-order chi connectivity index (χ1) is 10.6. The summed E-state index contributed by atoms with van der Waals surface area (Å²) in [6, 6.07) is 11.1. The van der Waals surface area contributed by atoms with Gasteiger partial charge in [0.1, 0.15) is 6.33 Å². The minimum atomic E-state index is -0.456. The Morgan fingerprint density at radius 3 is 2.45 bits per heavy atom. The fourth-order valence-electron chi connectivity index (χ4n) is 2.00. The maximum atomic E-state index is 10.7. The lowest BCUT2D eigenvalue weighted by molar-refractivity contribution is -0.384. The molecule has 0 saturated heterocycles. The molecule has 0 spiro atoms. The molecule has 1 aromatic heterocycles. The maximum absolute atomic E-state index is 10.7. The monoisotopic (exact) mass is 334 g/mol. The minimum absolute atomic E-state index is 0.00920. The maximum Gasteiger partial charge on any atom is 0.269 e. The SMILES string of the molecule is O=[N+]([O-])c1ccc(-n2ncnc2-c2ccc(Cl)cc2Cl)cc1. The Labute approximate surface area is 135 Å². The van der Waals surface area contributed by atoms with Gasteiger partial charge in [0, 0.05) is 22.7 Å². The van der Waals surface area contributed by atoms with Crippen LogP contribution < -0.4 is 0 Å². The second kappa shape index (κ2) is 5.75. The van der Waals surface area contributed by atoms with E-state index in [1.165, 1.54) is 18.5 Å². The van der Waals surface area contributed by atoms with Crippen LogP contribution in [0.3, 0.4) is 0 Å². The van der Waals surface area contributed by atoms with E-state index in [1.54, 1.807) is 35.0 Å². The number of nitro groups is 1. The molecule has 0 unspecified atom stereocenters. The van der Waals surface area contributed by atoms with Crippen LogP contribution in [-0.4, -0.2) is 19.7 Å². The third-order valence-electron chi connectivity index (χ3n) is 3.02. The first-order valence-electron chi connectivity index (χ1n) is 6.16. The van der Waals surface area contributed by atoms with Crippen LogP contribution in [0.15, 0.2) is 48.8 Å². The van der Waals surface area contributed by atoms with E-state index in [2.05, 4.69) is 10.1 Å². The fourth-order valence-corrected chi connectivity index (χ4v) is 2.49. The normalized spacial score (nSPS) is 10.6. The van der Waals surface area contributed by atoms with E-state index in [4.69, 9.17) is 23.2 Å². The van der Waals surface area contributed by atoms with Gasteiger partial charge in [-0.15, -0.1) is 0 Å². The van der Waals surface area contributed by atoms with Crippen molar-refractivity contribution < 1.29 is 4.92 Å². The zero-order chi connectivity index (χ0) is 15.7. The number of non-ortho nitro benzene ring substituents is 1. The van der Waals surface area contributed by atoms with Crippen LogP contribution in [0.1, 0.15) is 0 Å². The van der Waals surface area contributed by atoms with E-state index >= 15 is 0 Å². The predicted molar refractivity (Wildman–Crippen MR) is 83.5 cm³/mol. The molecule has 0 saturated carbocycles. The van der Waals surface area contributed by atoms with Crippen molar-refractivity contribution in [1.82, 2.24) is 14.8 Å². The van der Waals surface area contributed by atoms with E-state index in [0.717, 1.165) is 0 Å². The molecule has 8 heteroatoms. The highest BCUT2D eigenvalue weighted by molar-refractivity contribution is 6.36. The molecule has 2 aromatic carbocycles. The van der Waals surface area contributed by atoms with Gasteiger partial charge in [-0.1, -0.05) is 23.2 Å². The molecule has 3 aromatic rings. The number of rotatable bonds is 3. The molecule has 1 heterocycles. The Balaban J connectivity index is 2.07. The Morgan fingerprint density at radius 1 is 1.09 bits per heavy atom. The third-order valence-corrected chi connectivity index (χ3v) is 3.57. The van der Waals surface area contributed by atoms with Crippen LogP contribution >= 0.6 is 23.2 Å². The van der Waals surface area contributed by atoms with Crippen molar-refractivity contribution in [2.24, 2.45) is 0 Å². The number of hydrogen-bond donors (Lipinski definition) is 0. The van der Waals surface area contributed by atoms with Gasteiger partial charge in [-0.05, 0) is 30.3 Å². The van der Waals surface area contributed by atoms with Gasteiger partial charge in [0.25, 0.3) is 5.69 Å². The van der Waals surface area contributed by atoms with Gasteiger partial charge < -0.3 is 0 Å². The lowest BCUT2D eigenvalue weighted by Gasteiger charge is -2.07. The number of aromatic nitrogens is 3. The van der Waals surface area contributed by atoms with E-state index in [1.807, 2.05) is 0 Å². The quantitative estimate of drug-likeness (QED) is 0.532. The largest absolute Gasteiger partial charge is 0.269 e. The first kappa shape index (κ1) is 14.5. The second-order valence-corrected chi connectivity index (χ2v) is 5.24. The number of nitro benzene ring substituents is 1. The topological polar surface area (TPSA) is 73.8 Å². The molecule has 0 bridgehead atoms. The lowest BCUT2D eigenvalue weighted by atomic mass is 10.2. The highest BCUT2D eigenvalue weighted by Crippen LogP contribution is 2.30. The van der Waals surface area contributed by atoms with Gasteiger partial charge in [-0.25, -0.2) is 9.67 Å². The van der Waals surface area contributed by atoms with Gasteiger partial charge in [-0.2, -0.15) is 5.10 Å². The van der Waals surface area contributed by atoms with E-state index in [-0.39, 0.29) is 5.69 Å². The van der Waals surface area contributed by atoms with Gasteiger partial charge in [0.05, 0.1) is 15.6 Å². The second-order valence-electron chi connectivity index (χ2n) is 4.39. The average molecular weight is 335 g/mol. The molecule has 0 radical (unpaired) electrons. The first-order valence-corrected chi connectivity index (χ1v) is 6.92. The van der Waals surface area contributed by atoms with E-state index in [9.17, 15) is 10.1 Å². The highest BCUT2D eigenvalue weighted by atomic mass is 35.5. The zero-order valence-corrected chi connectivity index (χ0v) is 12.5. The van der Waals surface area contributed by atoms with E-state index < -0.39 is 4.92 Å². The van der Waals surface area contributed by atoms with Crippen LogP contribution in [-0.2, 0) is 0 Å². The van der Waals surface area contributed by atoms with Gasteiger partial charge in [0.15, 0.2) is 5.82 Å². The van der Waals surface area contributed by atoms with Crippen molar-refractivity contribution in [3.63, 3.8) is 0 Å². The lowest BCUT2D eigenvalue weighted by Crippen LogP contribution is -2.00. The Morgan fingerprint density at radius 2 is 1.82 bits per heavy atom.